The Bertz CT molecular complexity index is 287. The van der Waals surface area contributed by atoms with Crippen LogP contribution >= 0.6 is 0 Å². The van der Waals surface area contributed by atoms with Crippen molar-refractivity contribution in [3.05, 3.63) is 0 Å². The molecular formula is C12H27NO3S. The van der Waals surface area contributed by atoms with Crippen LogP contribution in [0.4, 0.5) is 0 Å². The molecule has 0 aromatic carbocycles. The van der Waals surface area contributed by atoms with Crippen LogP contribution in [0.3, 0.4) is 0 Å². The van der Waals surface area contributed by atoms with Gasteiger partial charge in [-0.1, -0.05) is 13.8 Å². The molecule has 104 valence electrons. The molecule has 0 bridgehead atoms. The zero-order chi connectivity index (χ0) is 13.5. The lowest BCUT2D eigenvalue weighted by atomic mass is 9.83. The van der Waals surface area contributed by atoms with Crippen LogP contribution in [0.1, 0.15) is 40.5 Å². The van der Waals surface area contributed by atoms with Gasteiger partial charge in [-0.15, -0.1) is 0 Å². The fraction of sp³-hybridized carbons (Fsp3) is 1.00. The SMILES string of the molecule is CCC(CC)(CO)CNCCS(=O)(=O)C(C)C. The van der Waals surface area contributed by atoms with Gasteiger partial charge in [-0.25, -0.2) is 8.42 Å². The van der Waals surface area contributed by atoms with Gasteiger partial charge in [0.25, 0.3) is 0 Å². The van der Waals surface area contributed by atoms with E-state index in [1.54, 1.807) is 13.8 Å². The number of aliphatic hydroxyl groups excluding tert-OH is 1. The number of hydrogen-bond acceptors (Lipinski definition) is 4. The summed E-state index contributed by atoms with van der Waals surface area (Å²) in [6.45, 7) is 8.77. The summed E-state index contributed by atoms with van der Waals surface area (Å²) < 4.78 is 23.1. The number of nitrogens with one attached hydrogen (secondary N) is 1. The molecule has 0 rings (SSSR count). The van der Waals surface area contributed by atoms with Crippen molar-refractivity contribution in [2.75, 3.05) is 25.4 Å². The van der Waals surface area contributed by atoms with Gasteiger partial charge in [0, 0.05) is 25.1 Å². The molecule has 4 nitrogen and oxygen atoms in total. The Labute approximate surface area is 106 Å². The summed E-state index contributed by atoms with van der Waals surface area (Å²) in [5, 5.41) is 12.2. The van der Waals surface area contributed by atoms with Gasteiger partial charge in [0.2, 0.25) is 0 Å². The van der Waals surface area contributed by atoms with E-state index in [0.29, 0.717) is 13.1 Å². The van der Waals surface area contributed by atoms with Gasteiger partial charge in [-0.3, -0.25) is 0 Å². The average Bonchev–Trinajstić information content (AvgIpc) is 2.30. The van der Waals surface area contributed by atoms with Gasteiger partial charge >= 0.3 is 0 Å². The second-order valence-corrected chi connectivity index (χ2v) is 7.63. The van der Waals surface area contributed by atoms with E-state index in [2.05, 4.69) is 5.32 Å². The highest BCUT2D eigenvalue weighted by molar-refractivity contribution is 7.92. The molecule has 0 aliphatic heterocycles. The molecule has 5 heteroatoms. The minimum absolute atomic E-state index is 0.110. The Balaban J connectivity index is 4.08. The molecule has 2 N–H and O–H groups in total. The van der Waals surface area contributed by atoms with Crippen molar-refractivity contribution in [2.24, 2.45) is 5.41 Å². The number of rotatable bonds is 9. The molecule has 0 aliphatic carbocycles. The minimum atomic E-state index is -2.96. The van der Waals surface area contributed by atoms with E-state index in [1.807, 2.05) is 13.8 Å². The van der Waals surface area contributed by atoms with Gasteiger partial charge in [-0.2, -0.15) is 0 Å². The monoisotopic (exact) mass is 265 g/mol. The lowest BCUT2D eigenvalue weighted by molar-refractivity contribution is 0.114. The van der Waals surface area contributed by atoms with Crippen molar-refractivity contribution in [3.63, 3.8) is 0 Å². The first kappa shape index (κ1) is 16.9. The first-order chi connectivity index (χ1) is 7.83. The van der Waals surface area contributed by atoms with E-state index in [4.69, 9.17) is 0 Å². The second-order valence-electron chi connectivity index (χ2n) is 4.96. The van der Waals surface area contributed by atoms with Crippen molar-refractivity contribution >= 4 is 9.84 Å². The average molecular weight is 265 g/mol. The molecule has 0 atom stereocenters. The maximum Gasteiger partial charge on any atom is 0.153 e. The van der Waals surface area contributed by atoms with Crippen LogP contribution < -0.4 is 5.32 Å². The van der Waals surface area contributed by atoms with E-state index in [0.717, 1.165) is 12.8 Å². The maximum atomic E-state index is 11.6. The molecule has 0 heterocycles. The van der Waals surface area contributed by atoms with Crippen molar-refractivity contribution < 1.29 is 13.5 Å². The summed E-state index contributed by atoms with van der Waals surface area (Å²) in [7, 11) is -2.96. The first-order valence-corrected chi connectivity index (χ1v) is 8.08. The predicted octanol–water partition coefficient (Wildman–Crippen LogP) is 1.20. The lowest BCUT2D eigenvalue weighted by Gasteiger charge is -2.29. The standard InChI is InChI=1S/C12H27NO3S/c1-5-12(6-2,10-14)9-13-7-8-17(15,16)11(3)4/h11,13-14H,5-10H2,1-4H3. The smallest absolute Gasteiger partial charge is 0.153 e. The first-order valence-electron chi connectivity index (χ1n) is 6.36. The van der Waals surface area contributed by atoms with Crippen LogP contribution in [-0.2, 0) is 9.84 Å². The molecule has 0 unspecified atom stereocenters. The van der Waals surface area contributed by atoms with Crippen LogP contribution in [0, 0.1) is 5.41 Å². The summed E-state index contributed by atoms with van der Waals surface area (Å²) in [6.07, 6.45) is 1.79. The van der Waals surface area contributed by atoms with Gasteiger partial charge in [-0.05, 0) is 26.7 Å². The number of sulfone groups is 1. The highest BCUT2D eigenvalue weighted by Gasteiger charge is 2.25. The zero-order valence-corrected chi connectivity index (χ0v) is 12.3. The molecule has 0 saturated heterocycles. The molecule has 17 heavy (non-hydrogen) atoms. The van der Waals surface area contributed by atoms with Crippen molar-refractivity contribution in [3.8, 4) is 0 Å². The topological polar surface area (TPSA) is 66.4 Å². The summed E-state index contributed by atoms with van der Waals surface area (Å²) in [5.74, 6) is 0.166. The molecule has 0 spiro atoms. The fourth-order valence-corrected chi connectivity index (χ4v) is 2.48. The quantitative estimate of drug-likeness (QED) is 0.615. The van der Waals surface area contributed by atoms with Crippen molar-refractivity contribution in [2.45, 2.75) is 45.8 Å². The Morgan fingerprint density at radius 3 is 2.12 bits per heavy atom. The van der Waals surface area contributed by atoms with Crippen LogP contribution in [0.15, 0.2) is 0 Å². The third-order valence-corrected chi connectivity index (χ3v) is 5.83. The van der Waals surface area contributed by atoms with Gasteiger partial charge in [0.1, 0.15) is 0 Å². The van der Waals surface area contributed by atoms with Crippen LogP contribution in [0.5, 0.6) is 0 Å². The second kappa shape index (κ2) is 7.34. The molecule has 0 amide bonds. The fourth-order valence-electron chi connectivity index (χ4n) is 1.58. The minimum Gasteiger partial charge on any atom is -0.396 e. The summed E-state index contributed by atoms with van der Waals surface area (Å²) in [4.78, 5) is 0. The third kappa shape index (κ3) is 5.36. The Hall–Kier alpha value is -0.130. The molecule has 0 aliphatic rings. The Morgan fingerprint density at radius 1 is 1.24 bits per heavy atom. The van der Waals surface area contributed by atoms with E-state index in [-0.39, 0.29) is 23.0 Å². The van der Waals surface area contributed by atoms with Crippen LogP contribution in [0.25, 0.3) is 0 Å². The normalized spacial score (nSPS) is 13.3. The maximum absolute atomic E-state index is 11.6. The van der Waals surface area contributed by atoms with E-state index in [9.17, 15) is 13.5 Å². The van der Waals surface area contributed by atoms with Crippen molar-refractivity contribution in [1.29, 1.82) is 0 Å². The summed E-state index contributed by atoms with van der Waals surface area (Å²) >= 11 is 0. The third-order valence-electron chi connectivity index (χ3n) is 3.62. The highest BCUT2D eigenvalue weighted by Crippen LogP contribution is 2.24. The zero-order valence-electron chi connectivity index (χ0n) is 11.5. The Morgan fingerprint density at radius 2 is 1.76 bits per heavy atom. The van der Waals surface area contributed by atoms with Gasteiger partial charge in [0.05, 0.1) is 11.0 Å². The molecule has 0 radical (unpaired) electrons. The van der Waals surface area contributed by atoms with E-state index in [1.165, 1.54) is 0 Å². The summed E-state index contributed by atoms with van der Waals surface area (Å²) in [5.41, 5.74) is -0.110. The van der Waals surface area contributed by atoms with E-state index < -0.39 is 9.84 Å². The lowest BCUT2D eigenvalue weighted by Crippen LogP contribution is -2.38. The van der Waals surface area contributed by atoms with Gasteiger partial charge in [0.15, 0.2) is 9.84 Å². The summed E-state index contributed by atoms with van der Waals surface area (Å²) in [6, 6.07) is 0. The highest BCUT2D eigenvalue weighted by atomic mass is 32.2. The molecule has 0 saturated carbocycles. The van der Waals surface area contributed by atoms with Crippen molar-refractivity contribution in [1.82, 2.24) is 5.32 Å². The van der Waals surface area contributed by atoms with Crippen LogP contribution in [-0.4, -0.2) is 44.2 Å². The Kier molecular flexibility index (Phi) is 7.28. The van der Waals surface area contributed by atoms with Crippen LogP contribution in [0.2, 0.25) is 0 Å². The largest absolute Gasteiger partial charge is 0.396 e. The molecule has 0 aromatic heterocycles. The molecule has 0 aromatic rings. The molecular weight excluding hydrogens is 238 g/mol. The van der Waals surface area contributed by atoms with E-state index >= 15 is 0 Å². The number of hydrogen-bond donors (Lipinski definition) is 2. The van der Waals surface area contributed by atoms with Gasteiger partial charge < -0.3 is 10.4 Å². The number of aliphatic hydroxyl groups is 1. The molecule has 0 fully saturated rings. The predicted molar refractivity (Wildman–Crippen MR) is 71.9 cm³/mol.